The summed E-state index contributed by atoms with van der Waals surface area (Å²) in [5, 5.41) is 0. The van der Waals surface area contributed by atoms with Crippen LogP contribution in [0.3, 0.4) is 0 Å². The highest BCUT2D eigenvalue weighted by atomic mass is 32.2. The van der Waals surface area contributed by atoms with E-state index >= 15 is 0 Å². The Hall–Kier alpha value is 0.700. The van der Waals surface area contributed by atoms with Crippen molar-refractivity contribution in [1.29, 1.82) is 0 Å². The van der Waals surface area contributed by atoms with E-state index in [1.807, 2.05) is 0 Å². The minimum Gasteiger partial charge on any atom is -0.153 e. The van der Waals surface area contributed by atoms with Gasteiger partial charge in [-0.1, -0.05) is 0 Å². The van der Waals surface area contributed by atoms with Crippen molar-refractivity contribution >= 4 is 23.5 Å². The summed E-state index contributed by atoms with van der Waals surface area (Å²) in [6.07, 6.45) is 6.13. The lowest BCUT2D eigenvalue weighted by Gasteiger charge is -2.25. The van der Waals surface area contributed by atoms with Gasteiger partial charge in [0, 0.05) is 21.0 Å². The van der Waals surface area contributed by atoms with E-state index in [4.69, 9.17) is 0 Å². The molecule has 0 unspecified atom stereocenters. The van der Waals surface area contributed by atoms with E-state index in [9.17, 15) is 0 Å². The first-order valence-corrected chi connectivity index (χ1v) is 6.08. The van der Waals surface area contributed by atoms with E-state index in [1.54, 1.807) is 0 Å². The first-order valence-electron chi connectivity index (χ1n) is 4.11. The van der Waals surface area contributed by atoms with Gasteiger partial charge < -0.3 is 0 Å². The average molecular weight is 172 g/mol. The van der Waals surface area contributed by atoms with Crippen LogP contribution in [0.2, 0.25) is 0 Å². The summed E-state index contributed by atoms with van der Waals surface area (Å²) in [4.78, 5) is 0. The van der Waals surface area contributed by atoms with Crippen LogP contribution in [0.4, 0.5) is 0 Å². The van der Waals surface area contributed by atoms with Crippen LogP contribution in [0.25, 0.3) is 0 Å². The molecular formula is C8H12S2. The predicted octanol–water partition coefficient (Wildman–Crippen LogP) is 2.53. The molecule has 0 nitrogen and oxygen atoms in total. The van der Waals surface area contributed by atoms with Crippen LogP contribution >= 0.6 is 23.5 Å². The smallest absolute Gasteiger partial charge is 0.0252 e. The fraction of sp³-hybridized carbons (Fsp3) is 1.00. The molecule has 3 aliphatic rings. The monoisotopic (exact) mass is 172 g/mol. The maximum Gasteiger partial charge on any atom is 0.0252 e. The van der Waals surface area contributed by atoms with Gasteiger partial charge in [-0.15, -0.1) is 0 Å². The molecule has 3 rings (SSSR count). The average Bonchev–Trinajstić information content (AvgIpc) is 2.75. The second-order valence-electron chi connectivity index (χ2n) is 3.94. The summed E-state index contributed by atoms with van der Waals surface area (Å²) in [7, 11) is 0. The Morgan fingerprint density at radius 2 is 1.00 bits per heavy atom. The van der Waals surface area contributed by atoms with Crippen molar-refractivity contribution in [2.75, 3.05) is 11.5 Å². The number of thioether (sulfide) groups is 2. The van der Waals surface area contributed by atoms with E-state index < -0.39 is 0 Å². The highest BCUT2D eigenvalue weighted by Crippen LogP contribution is 2.63. The Morgan fingerprint density at radius 3 is 1.20 bits per heavy atom. The van der Waals surface area contributed by atoms with Crippen molar-refractivity contribution < 1.29 is 0 Å². The first-order chi connectivity index (χ1) is 4.83. The standard InChI is InChI=1S/C8H12S2/c1-2-8(6-10-8)4-3-7(1)5-9-7/h1-6H2. The van der Waals surface area contributed by atoms with Gasteiger partial charge in [0.1, 0.15) is 0 Å². The molecule has 0 radical (unpaired) electrons. The highest BCUT2D eigenvalue weighted by Gasteiger charge is 2.54. The third-order valence-corrected chi connectivity index (χ3v) is 6.20. The molecule has 56 valence electrons. The van der Waals surface area contributed by atoms with Gasteiger partial charge in [-0.25, -0.2) is 0 Å². The van der Waals surface area contributed by atoms with Crippen molar-refractivity contribution in [2.45, 2.75) is 35.2 Å². The van der Waals surface area contributed by atoms with Gasteiger partial charge in [-0.3, -0.25) is 0 Å². The van der Waals surface area contributed by atoms with Gasteiger partial charge in [-0.2, -0.15) is 23.5 Å². The topological polar surface area (TPSA) is 0 Å². The number of rotatable bonds is 0. The van der Waals surface area contributed by atoms with Crippen LogP contribution in [0.5, 0.6) is 0 Å². The summed E-state index contributed by atoms with van der Waals surface area (Å²) < 4.78 is 1.66. The Bertz CT molecular complexity index is 136. The Balaban J connectivity index is 1.72. The maximum absolute atomic E-state index is 2.21. The number of hydrogen-bond acceptors (Lipinski definition) is 2. The summed E-state index contributed by atoms with van der Waals surface area (Å²) in [5.41, 5.74) is 0. The molecule has 0 atom stereocenters. The molecular weight excluding hydrogens is 160 g/mol. The molecule has 3 fully saturated rings. The molecule has 2 heterocycles. The van der Waals surface area contributed by atoms with Crippen molar-refractivity contribution in [2.24, 2.45) is 0 Å². The molecule has 10 heavy (non-hydrogen) atoms. The zero-order chi connectivity index (χ0) is 6.66. The SMILES string of the molecule is C1CC2(CCC13CS3)CS2. The summed E-state index contributed by atoms with van der Waals surface area (Å²) >= 11 is 4.42. The Labute approximate surface area is 70.5 Å². The van der Waals surface area contributed by atoms with E-state index in [1.165, 1.54) is 37.2 Å². The van der Waals surface area contributed by atoms with Gasteiger partial charge in [-0.05, 0) is 25.7 Å². The van der Waals surface area contributed by atoms with Crippen molar-refractivity contribution in [1.82, 2.24) is 0 Å². The zero-order valence-corrected chi connectivity index (χ0v) is 7.69. The minimum atomic E-state index is 0.828. The Morgan fingerprint density at radius 1 is 0.700 bits per heavy atom. The lowest BCUT2D eigenvalue weighted by Crippen LogP contribution is -2.24. The van der Waals surface area contributed by atoms with Crippen LogP contribution in [0.1, 0.15) is 25.7 Å². The molecule has 2 aliphatic heterocycles. The van der Waals surface area contributed by atoms with E-state index in [2.05, 4.69) is 23.5 Å². The van der Waals surface area contributed by atoms with Crippen LogP contribution in [0.15, 0.2) is 0 Å². The molecule has 2 spiro atoms. The summed E-state index contributed by atoms with van der Waals surface area (Å²) in [6, 6.07) is 0. The van der Waals surface area contributed by atoms with Gasteiger partial charge in [0.25, 0.3) is 0 Å². The van der Waals surface area contributed by atoms with Gasteiger partial charge in [0.15, 0.2) is 0 Å². The molecule has 0 aromatic heterocycles. The maximum atomic E-state index is 2.21. The summed E-state index contributed by atoms with van der Waals surface area (Å²) in [5.74, 6) is 2.96. The fourth-order valence-electron chi connectivity index (χ4n) is 1.94. The fourth-order valence-corrected chi connectivity index (χ4v) is 3.91. The van der Waals surface area contributed by atoms with Crippen LogP contribution < -0.4 is 0 Å². The first kappa shape index (κ1) is 6.24. The van der Waals surface area contributed by atoms with E-state index in [0.717, 1.165) is 9.49 Å². The van der Waals surface area contributed by atoms with Gasteiger partial charge in [0.05, 0.1) is 0 Å². The number of hydrogen-bond donors (Lipinski definition) is 0. The van der Waals surface area contributed by atoms with Crippen LogP contribution in [-0.2, 0) is 0 Å². The largest absolute Gasteiger partial charge is 0.153 e. The quantitative estimate of drug-likeness (QED) is 0.515. The normalized spacial score (nSPS) is 57.6. The van der Waals surface area contributed by atoms with Crippen molar-refractivity contribution in [3.8, 4) is 0 Å². The molecule has 1 aliphatic carbocycles. The zero-order valence-electron chi connectivity index (χ0n) is 6.06. The molecule has 2 saturated heterocycles. The molecule has 1 saturated carbocycles. The highest BCUT2D eigenvalue weighted by molar-refractivity contribution is 8.08. The molecule has 0 aromatic carbocycles. The lowest BCUT2D eigenvalue weighted by molar-refractivity contribution is 0.417. The molecule has 0 bridgehead atoms. The van der Waals surface area contributed by atoms with Gasteiger partial charge in [0.2, 0.25) is 0 Å². The second-order valence-corrected chi connectivity index (χ2v) is 6.83. The van der Waals surface area contributed by atoms with E-state index in [-0.39, 0.29) is 0 Å². The molecule has 0 N–H and O–H groups in total. The molecule has 2 heteroatoms. The summed E-state index contributed by atoms with van der Waals surface area (Å²) in [6.45, 7) is 0. The van der Waals surface area contributed by atoms with Gasteiger partial charge >= 0.3 is 0 Å². The lowest BCUT2D eigenvalue weighted by atomic mass is 9.84. The van der Waals surface area contributed by atoms with E-state index in [0.29, 0.717) is 0 Å². The predicted molar refractivity (Wildman–Crippen MR) is 48.8 cm³/mol. The third kappa shape index (κ3) is 0.845. The van der Waals surface area contributed by atoms with Crippen LogP contribution in [0, 0.1) is 0 Å². The molecule has 0 amide bonds. The molecule has 0 aromatic rings. The Kier molecular flexibility index (Phi) is 1.07. The van der Waals surface area contributed by atoms with Crippen molar-refractivity contribution in [3.63, 3.8) is 0 Å². The van der Waals surface area contributed by atoms with Crippen LogP contribution in [-0.4, -0.2) is 21.0 Å². The van der Waals surface area contributed by atoms with Crippen molar-refractivity contribution in [3.05, 3.63) is 0 Å². The third-order valence-electron chi connectivity index (χ3n) is 3.18. The second kappa shape index (κ2) is 1.71. The minimum absolute atomic E-state index is 0.828.